The summed E-state index contributed by atoms with van der Waals surface area (Å²) in [6.45, 7) is 6.86. The molecule has 0 unspecified atom stereocenters. The van der Waals surface area contributed by atoms with Gasteiger partial charge in [-0.05, 0) is 26.5 Å². The van der Waals surface area contributed by atoms with Gasteiger partial charge in [-0.1, -0.05) is 13.0 Å². The maximum absolute atomic E-state index is 13.5. The van der Waals surface area contributed by atoms with Gasteiger partial charge >= 0.3 is 0 Å². The highest BCUT2D eigenvalue weighted by Crippen LogP contribution is 2.14. The molecule has 1 aromatic rings. The van der Waals surface area contributed by atoms with Crippen LogP contribution in [0.1, 0.15) is 26.3 Å². The quantitative estimate of drug-likeness (QED) is 0.859. The summed E-state index contributed by atoms with van der Waals surface area (Å²) in [5.41, 5.74) is -0.385. The molecule has 4 heteroatoms. The number of aliphatic hydroxyl groups is 1. The Balaban J connectivity index is 2.74. The van der Waals surface area contributed by atoms with Crippen molar-refractivity contribution in [2.24, 2.45) is 0 Å². The third-order valence-electron chi connectivity index (χ3n) is 2.47. The van der Waals surface area contributed by atoms with E-state index in [2.05, 4.69) is 0 Å². The van der Waals surface area contributed by atoms with Gasteiger partial charge in [0.25, 0.3) is 0 Å². The largest absolute Gasteiger partial charge is 0.389 e. The Morgan fingerprint density at radius 3 is 2.41 bits per heavy atom. The summed E-state index contributed by atoms with van der Waals surface area (Å²) in [5.74, 6) is -1.11. The van der Waals surface area contributed by atoms with E-state index in [0.29, 0.717) is 25.2 Å². The van der Waals surface area contributed by atoms with E-state index in [1.54, 1.807) is 13.8 Å². The van der Waals surface area contributed by atoms with E-state index in [0.717, 1.165) is 6.07 Å². The average molecular weight is 243 g/mol. The van der Waals surface area contributed by atoms with Crippen LogP contribution < -0.4 is 0 Å². The maximum atomic E-state index is 13.5. The molecule has 0 heterocycles. The topological polar surface area (TPSA) is 23.5 Å². The van der Waals surface area contributed by atoms with E-state index in [1.807, 2.05) is 11.8 Å². The Bertz CT molecular complexity index is 374. The molecule has 0 aliphatic carbocycles. The van der Waals surface area contributed by atoms with Crippen LogP contribution >= 0.6 is 0 Å². The lowest BCUT2D eigenvalue weighted by atomic mass is 10.1. The lowest BCUT2D eigenvalue weighted by Gasteiger charge is -2.28. The van der Waals surface area contributed by atoms with Crippen molar-refractivity contribution < 1.29 is 13.9 Å². The normalized spacial score (nSPS) is 12.2. The predicted molar refractivity (Wildman–Crippen MR) is 63.6 cm³/mol. The Hall–Kier alpha value is -1.00. The summed E-state index contributed by atoms with van der Waals surface area (Å²) in [5, 5.41) is 9.72. The van der Waals surface area contributed by atoms with Crippen molar-refractivity contribution in [1.29, 1.82) is 0 Å². The molecule has 0 radical (unpaired) electrons. The van der Waals surface area contributed by atoms with Crippen LogP contribution in [0.3, 0.4) is 0 Å². The van der Waals surface area contributed by atoms with Gasteiger partial charge in [0.05, 0.1) is 5.60 Å². The summed E-state index contributed by atoms with van der Waals surface area (Å²) < 4.78 is 26.2. The molecule has 0 aliphatic rings. The minimum atomic E-state index is -0.827. The highest BCUT2D eigenvalue weighted by molar-refractivity contribution is 5.18. The lowest BCUT2D eigenvalue weighted by molar-refractivity contribution is 0.0350. The Morgan fingerprint density at radius 1 is 1.29 bits per heavy atom. The van der Waals surface area contributed by atoms with Gasteiger partial charge in [0.15, 0.2) is 0 Å². The van der Waals surface area contributed by atoms with Gasteiger partial charge < -0.3 is 5.11 Å². The molecule has 17 heavy (non-hydrogen) atoms. The molecule has 0 aliphatic heterocycles. The molecule has 0 saturated heterocycles. The molecule has 0 saturated carbocycles. The summed E-state index contributed by atoms with van der Waals surface area (Å²) in [6, 6.07) is 3.57. The second-order valence-corrected chi connectivity index (χ2v) is 4.85. The van der Waals surface area contributed by atoms with Crippen LogP contribution in [0.25, 0.3) is 0 Å². The van der Waals surface area contributed by atoms with Gasteiger partial charge in [-0.15, -0.1) is 0 Å². The smallest absolute Gasteiger partial charge is 0.130 e. The third-order valence-corrected chi connectivity index (χ3v) is 2.47. The van der Waals surface area contributed by atoms with E-state index in [4.69, 9.17) is 0 Å². The van der Waals surface area contributed by atoms with Crippen molar-refractivity contribution in [1.82, 2.24) is 4.90 Å². The average Bonchev–Trinajstić information content (AvgIpc) is 2.19. The van der Waals surface area contributed by atoms with Crippen LogP contribution in [0.5, 0.6) is 0 Å². The molecule has 0 bridgehead atoms. The number of rotatable bonds is 5. The highest BCUT2D eigenvalue weighted by atomic mass is 19.1. The number of nitrogens with zero attached hydrogens (tertiary/aromatic N) is 1. The molecule has 0 fully saturated rings. The van der Waals surface area contributed by atoms with Crippen molar-refractivity contribution in [2.75, 3.05) is 13.1 Å². The maximum Gasteiger partial charge on any atom is 0.130 e. The van der Waals surface area contributed by atoms with Crippen LogP contribution in [0.2, 0.25) is 0 Å². The number of benzene rings is 1. The predicted octanol–water partition coefficient (Wildman–Crippen LogP) is 2.56. The molecular weight excluding hydrogens is 224 g/mol. The second kappa shape index (κ2) is 5.56. The second-order valence-electron chi connectivity index (χ2n) is 4.85. The van der Waals surface area contributed by atoms with Crippen LogP contribution in [0.15, 0.2) is 18.2 Å². The van der Waals surface area contributed by atoms with E-state index in [9.17, 15) is 13.9 Å². The number of hydrogen-bond donors (Lipinski definition) is 1. The van der Waals surface area contributed by atoms with Gasteiger partial charge in [0.1, 0.15) is 11.6 Å². The summed E-state index contributed by atoms with van der Waals surface area (Å²) in [7, 11) is 0. The van der Waals surface area contributed by atoms with Gasteiger partial charge in [0, 0.05) is 24.7 Å². The van der Waals surface area contributed by atoms with Crippen molar-refractivity contribution >= 4 is 0 Å². The summed E-state index contributed by atoms with van der Waals surface area (Å²) >= 11 is 0. The fourth-order valence-electron chi connectivity index (χ4n) is 1.72. The number of hydrogen-bond acceptors (Lipinski definition) is 2. The van der Waals surface area contributed by atoms with Gasteiger partial charge in [-0.3, -0.25) is 4.90 Å². The monoisotopic (exact) mass is 243 g/mol. The fraction of sp³-hybridized carbons (Fsp3) is 0.538. The molecule has 2 nitrogen and oxygen atoms in total. The fourth-order valence-corrected chi connectivity index (χ4v) is 1.72. The van der Waals surface area contributed by atoms with E-state index >= 15 is 0 Å². The van der Waals surface area contributed by atoms with Crippen LogP contribution in [-0.4, -0.2) is 28.7 Å². The van der Waals surface area contributed by atoms with Gasteiger partial charge in [-0.25, -0.2) is 8.78 Å². The van der Waals surface area contributed by atoms with E-state index in [-0.39, 0.29) is 0 Å². The van der Waals surface area contributed by atoms with E-state index in [1.165, 1.54) is 12.1 Å². The molecule has 0 spiro atoms. The Kier molecular flexibility index (Phi) is 4.60. The summed E-state index contributed by atoms with van der Waals surface area (Å²) in [4.78, 5) is 1.91. The SMILES string of the molecule is CCN(Cc1ccc(F)cc1F)CC(C)(C)O. The van der Waals surface area contributed by atoms with Gasteiger partial charge in [-0.2, -0.15) is 0 Å². The van der Waals surface area contributed by atoms with Crippen molar-refractivity contribution in [3.8, 4) is 0 Å². The Morgan fingerprint density at radius 2 is 1.94 bits per heavy atom. The minimum Gasteiger partial charge on any atom is -0.389 e. The first-order chi connectivity index (χ1) is 7.81. The molecule has 1 N–H and O–H groups in total. The number of likely N-dealkylation sites (N-methyl/N-ethyl adjacent to an activating group) is 1. The zero-order chi connectivity index (χ0) is 13.1. The third kappa shape index (κ3) is 4.79. The standard InChI is InChI=1S/C13H19F2NO/c1-4-16(9-13(2,3)17)8-10-5-6-11(14)7-12(10)15/h5-7,17H,4,8-9H2,1-3H3. The molecular formula is C13H19F2NO. The zero-order valence-corrected chi connectivity index (χ0v) is 10.5. The number of halogens is 2. The Labute approximate surface area is 101 Å². The molecule has 0 aromatic heterocycles. The lowest BCUT2D eigenvalue weighted by Crippen LogP contribution is -2.38. The first kappa shape index (κ1) is 14.1. The first-order valence-corrected chi connectivity index (χ1v) is 5.70. The van der Waals surface area contributed by atoms with Gasteiger partial charge in [0.2, 0.25) is 0 Å². The molecule has 1 aromatic carbocycles. The van der Waals surface area contributed by atoms with Crippen molar-refractivity contribution in [3.63, 3.8) is 0 Å². The van der Waals surface area contributed by atoms with Crippen LogP contribution in [0.4, 0.5) is 8.78 Å². The summed E-state index contributed by atoms with van der Waals surface area (Å²) in [6.07, 6.45) is 0. The van der Waals surface area contributed by atoms with Crippen LogP contribution in [0, 0.1) is 11.6 Å². The zero-order valence-electron chi connectivity index (χ0n) is 10.5. The van der Waals surface area contributed by atoms with Crippen LogP contribution in [-0.2, 0) is 6.54 Å². The van der Waals surface area contributed by atoms with Crippen molar-refractivity contribution in [2.45, 2.75) is 32.9 Å². The highest BCUT2D eigenvalue weighted by Gasteiger charge is 2.18. The molecule has 1 rings (SSSR count). The molecule has 0 amide bonds. The molecule has 96 valence electrons. The van der Waals surface area contributed by atoms with E-state index < -0.39 is 17.2 Å². The van der Waals surface area contributed by atoms with Crippen molar-refractivity contribution in [3.05, 3.63) is 35.4 Å². The minimum absolute atomic E-state index is 0.368. The first-order valence-electron chi connectivity index (χ1n) is 5.70. The molecule has 0 atom stereocenters.